The third-order valence-corrected chi connectivity index (χ3v) is 10.6. The Hall–Kier alpha value is -1.75. The number of fused-ring (bicyclic) bond motifs is 6. The normalized spacial score (nSPS) is 42.5. The minimum absolute atomic E-state index is 0.133. The van der Waals surface area contributed by atoms with Crippen molar-refractivity contribution in [2.24, 2.45) is 40.9 Å². The van der Waals surface area contributed by atoms with E-state index in [4.69, 9.17) is 0 Å². The minimum Gasteiger partial charge on any atom is -0.390 e. The minimum atomic E-state index is -0.452. The average molecular weight is 450 g/mol. The molecular formula is C28H39N3O2. The number of benzene rings is 1. The average Bonchev–Trinajstić information content (AvgIpc) is 3.33. The van der Waals surface area contributed by atoms with Crippen LogP contribution in [-0.2, 0) is 11.3 Å². The van der Waals surface area contributed by atoms with Crippen LogP contribution in [0.5, 0.6) is 0 Å². The van der Waals surface area contributed by atoms with E-state index in [1.54, 1.807) is 4.80 Å². The lowest BCUT2D eigenvalue weighted by Crippen LogP contribution is -2.51. The van der Waals surface area contributed by atoms with Gasteiger partial charge in [0.2, 0.25) is 0 Å². The zero-order valence-electron chi connectivity index (χ0n) is 20.5. The second-order valence-electron chi connectivity index (χ2n) is 12.5. The Morgan fingerprint density at radius 1 is 1.03 bits per heavy atom. The van der Waals surface area contributed by atoms with Crippen LogP contribution in [0.4, 0.5) is 0 Å². The molecule has 5 nitrogen and oxygen atoms in total. The number of aryl methyl sites for hydroxylation is 1. The van der Waals surface area contributed by atoms with Crippen LogP contribution in [0, 0.1) is 47.8 Å². The molecule has 33 heavy (non-hydrogen) atoms. The van der Waals surface area contributed by atoms with Crippen molar-refractivity contribution in [2.45, 2.75) is 90.7 Å². The molecule has 0 bridgehead atoms. The number of carbonyl (C=O) groups is 1. The molecule has 0 aliphatic heterocycles. The summed E-state index contributed by atoms with van der Waals surface area (Å²) in [6.07, 6.45) is 10.4. The highest BCUT2D eigenvalue weighted by atomic mass is 16.3. The van der Waals surface area contributed by atoms with Gasteiger partial charge in [0.25, 0.3) is 0 Å². The van der Waals surface area contributed by atoms with Gasteiger partial charge in [0, 0.05) is 5.92 Å². The van der Waals surface area contributed by atoms with Gasteiger partial charge in [-0.25, -0.2) is 0 Å². The number of aliphatic hydroxyl groups is 1. The van der Waals surface area contributed by atoms with Crippen LogP contribution in [0.25, 0.3) is 11.0 Å². The number of rotatable bonds is 3. The molecule has 2 aromatic rings. The maximum absolute atomic E-state index is 13.6. The highest BCUT2D eigenvalue weighted by Crippen LogP contribution is 2.64. The van der Waals surface area contributed by atoms with Gasteiger partial charge in [-0.1, -0.05) is 19.1 Å². The van der Waals surface area contributed by atoms with Crippen molar-refractivity contribution >= 4 is 16.8 Å². The van der Waals surface area contributed by atoms with Crippen molar-refractivity contribution in [3.63, 3.8) is 0 Å². The zero-order chi connectivity index (χ0) is 23.0. The molecule has 4 saturated carbocycles. The van der Waals surface area contributed by atoms with E-state index < -0.39 is 5.60 Å². The molecule has 178 valence electrons. The molecule has 0 amide bonds. The van der Waals surface area contributed by atoms with Crippen LogP contribution in [-0.4, -0.2) is 31.5 Å². The molecule has 1 N–H and O–H groups in total. The first-order valence-corrected chi connectivity index (χ1v) is 13.3. The molecule has 0 saturated heterocycles. The first-order chi connectivity index (χ1) is 15.7. The van der Waals surface area contributed by atoms with Crippen molar-refractivity contribution in [1.82, 2.24) is 15.0 Å². The van der Waals surface area contributed by atoms with E-state index in [1.165, 1.54) is 38.5 Å². The Balaban J connectivity index is 1.19. The summed E-state index contributed by atoms with van der Waals surface area (Å²) in [5, 5.41) is 19.9. The van der Waals surface area contributed by atoms with Crippen LogP contribution >= 0.6 is 0 Å². The van der Waals surface area contributed by atoms with Gasteiger partial charge in [-0.05, 0) is 118 Å². The van der Waals surface area contributed by atoms with Crippen LogP contribution in [0.1, 0.15) is 77.2 Å². The van der Waals surface area contributed by atoms with Crippen LogP contribution < -0.4 is 0 Å². The van der Waals surface area contributed by atoms with E-state index >= 15 is 0 Å². The molecule has 4 aliphatic rings. The molecule has 8 atom stereocenters. The summed E-state index contributed by atoms with van der Waals surface area (Å²) in [7, 11) is 0. The molecule has 8 unspecified atom stereocenters. The predicted octanol–water partition coefficient (Wildman–Crippen LogP) is 5.33. The van der Waals surface area contributed by atoms with E-state index in [9.17, 15) is 9.90 Å². The highest BCUT2D eigenvalue weighted by molar-refractivity contribution is 5.82. The fraction of sp³-hybridized carbons (Fsp3) is 0.750. The Bertz CT molecular complexity index is 1070. The second-order valence-corrected chi connectivity index (χ2v) is 12.5. The van der Waals surface area contributed by atoms with Crippen molar-refractivity contribution in [3.8, 4) is 0 Å². The lowest BCUT2D eigenvalue weighted by atomic mass is 9.49. The number of ketones is 1. The van der Waals surface area contributed by atoms with Crippen molar-refractivity contribution < 1.29 is 9.90 Å². The molecule has 0 radical (unpaired) electrons. The summed E-state index contributed by atoms with van der Waals surface area (Å²) in [6, 6.07) is 6.03. The molecule has 1 heterocycles. The smallest absolute Gasteiger partial charge is 0.159 e. The Kier molecular flexibility index (Phi) is 5.03. The number of nitrogens with zero attached hydrogens (tertiary/aromatic N) is 3. The van der Waals surface area contributed by atoms with E-state index in [2.05, 4.69) is 17.1 Å². The number of hydrogen-bond acceptors (Lipinski definition) is 4. The first-order valence-electron chi connectivity index (χ1n) is 13.3. The van der Waals surface area contributed by atoms with Crippen molar-refractivity contribution in [3.05, 3.63) is 23.8 Å². The predicted molar refractivity (Wildman–Crippen MR) is 128 cm³/mol. The van der Waals surface area contributed by atoms with Crippen molar-refractivity contribution in [2.75, 3.05) is 0 Å². The Morgan fingerprint density at radius 3 is 2.67 bits per heavy atom. The first kappa shape index (κ1) is 21.8. The SMILES string of the molecule is Cc1cccc2nn(CC(=O)C3CCC4C5CCC6CC(C)(O)CCC6C5CCC34C)nc12. The van der Waals surface area contributed by atoms with E-state index in [0.29, 0.717) is 24.2 Å². The molecule has 4 fully saturated rings. The number of carbonyl (C=O) groups excluding carboxylic acids is 1. The molecule has 6 rings (SSSR count). The van der Waals surface area contributed by atoms with Gasteiger partial charge in [-0.3, -0.25) is 4.79 Å². The second kappa shape index (κ2) is 7.63. The summed E-state index contributed by atoms with van der Waals surface area (Å²) < 4.78 is 0. The van der Waals surface area contributed by atoms with E-state index in [0.717, 1.165) is 53.6 Å². The van der Waals surface area contributed by atoms with E-state index in [1.807, 2.05) is 32.0 Å². The van der Waals surface area contributed by atoms with Gasteiger partial charge in [0.1, 0.15) is 17.6 Å². The summed E-state index contributed by atoms with van der Waals surface area (Å²) in [5.74, 6) is 4.25. The lowest BCUT2D eigenvalue weighted by molar-refractivity contribution is -0.133. The highest BCUT2D eigenvalue weighted by Gasteiger charge is 2.58. The van der Waals surface area contributed by atoms with Gasteiger partial charge in [-0.15, -0.1) is 0 Å². The molecule has 5 heteroatoms. The third kappa shape index (κ3) is 3.48. The summed E-state index contributed by atoms with van der Waals surface area (Å²) in [5.41, 5.74) is 2.57. The van der Waals surface area contributed by atoms with Crippen molar-refractivity contribution in [1.29, 1.82) is 0 Å². The Labute approximate surface area is 197 Å². The quantitative estimate of drug-likeness (QED) is 0.688. The Morgan fingerprint density at radius 2 is 1.85 bits per heavy atom. The maximum Gasteiger partial charge on any atom is 0.159 e. The topological polar surface area (TPSA) is 68.0 Å². The number of aromatic nitrogens is 3. The fourth-order valence-electron chi connectivity index (χ4n) is 9.05. The molecule has 4 aliphatic carbocycles. The summed E-state index contributed by atoms with van der Waals surface area (Å²) in [6.45, 7) is 6.82. The van der Waals surface area contributed by atoms with Gasteiger partial charge >= 0.3 is 0 Å². The van der Waals surface area contributed by atoms with Crippen LogP contribution in [0.15, 0.2) is 18.2 Å². The van der Waals surface area contributed by atoms with Gasteiger partial charge in [0.05, 0.1) is 5.60 Å². The standard InChI is InChI=1S/C28H39N3O2/c1-17-5-4-6-24-26(17)30-31(29-24)16-25(32)23-10-9-22-21-8-7-18-15-27(2,33)13-11-19(18)20(21)12-14-28(22,23)3/h4-6,18-23,33H,7-16H2,1-3H3. The van der Waals surface area contributed by atoms with Gasteiger partial charge in [-0.2, -0.15) is 15.0 Å². The number of hydrogen-bond donors (Lipinski definition) is 1. The maximum atomic E-state index is 13.6. The molecular weight excluding hydrogens is 410 g/mol. The largest absolute Gasteiger partial charge is 0.390 e. The monoisotopic (exact) mass is 449 g/mol. The molecule has 1 aromatic heterocycles. The molecule has 0 spiro atoms. The van der Waals surface area contributed by atoms with Gasteiger partial charge in [0.15, 0.2) is 5.78 Å². The van der Waals surface area contributed by atoms with Crippen LogP contribution in [0.3, 0.4) is 0 Å². The zero-order valence-corrected chi connectivity index (χ0v) is 20.5. The fourth-order valence-corrected chi connectivity index (χ4v) is 9.05. The third-order valence-electron chi connectivity index (χ3n) is 10.6. The lowest BCUT2D eigenvalue weighted by Gasteiger charge is -2.56. The summed E-state index contributed by atoms with van der Waals surface area (Å²) >= 11 is 0. The van der Waals surface area contributed by atoms with Crippen LogP contribution in [0.2, 0.25) is 0 Å². The molecule has 1 aromatic carbocycles. The van der Waals surface area contributed by atoms with E-state index in [-0.39, 0.29) is 11.3 Å². The number of Topliss-reactive ketones (excluding diaryl/α,β-unsaturated/α-hetero) is 1. The summed E-state index contributed by atoms with van der Waals surface area (Å²) in [4.78, 5) is 15.2. The van der Waals surface area contributed by atoms with Gasteiger partial charge < -0.3 is 5.11 Å².